The molecule has 0 aliphatic heterocycles. The van der Waals surface area contributed by atoms with E-state index in [1.54, 1.807) is 44.2 Å². The molecule has 0 spiro atoms. The molecule has 3 amide bonds. The maximum Gasteiger partial charge on any atom is 0.339 e. The molecular weight excluding hydrogens is 336 g/mol. The molecule has 0 radical (unpaired) electrons. The highest BCUT2D eigenvalue weighted by Gasteiger charge is 2.28. The summed E-state index contributed by atoms with van der Waals surface area (Å²) in [5, 5.41) is 1.92. The molecule has 0 saturated carbocycles. The van der Waals surface area contributed by atoms with Gasteiger partial charge < -0.3 is 15.2 Å². The predicted octanol–water partition coefficient (Wildman–Crippen LogP) is 2.86. The van der Waals surface area contributed by atoms with Gasteiger partial charge in [-0.25, -0.2) is 9.59 Å². The number of benzene rings is 2. The fourth-order valence-corrected chi connectivity index (χ4v) is 2.18. The van der Waals surface area contributed by atoms with E-state index in [1.807, 2.05) is 23.5 Å². The molecule has 3 N–H and O–H groups in total. The summed E-state index contributed by atoms with van der Waals surface area (Å²) in [4.78, 5) is 35.2. The van der Waals surface area contributed by atoms with Crippen molar-refractivity contribution in [2.24, 2.45) is 11.7 Å². The Balaban J connectivity index is 2.11. The van der Waals surface area contributed by atoms with Crippen molar-refractivity contribution in [3.8, 4) is 11.5 Å². The lowest BCUT2D eigenvalue weighted by molar-refractivity contribution is -0.130. The number of imide groups is 1. The van der Waals surface area contributed by atoms with Crippen molar-refractivity contribution >= 4 is 17.9 Å². The van der Waals surface area contributed by atoms with Crippen LogP contribution in [-0.2, 0) is 9.53 Å². The van der Waals surface area contributed by atoms with Gasteiger partial charge in [-0.2, -0.15) is 0 Å². The first-order valence-electron chi connectivity index (χ1n) is 8.01. The molecule has 2 aromatic carbocycles. The van der Waals surface area contributed by atoms with E-state index in [0.29, 0.717) is 11.5 Å². The highest BCUT2D eigenvalue weighted by atomic mass is 16.5. The summed E-state index contributed by atoms with van der Waals surface area (Å²) in [6, 6.07) is 14.5. The van der Waals surface area contributed by atoms with Crippen LogP contribution in [0.15, 0.2) is 54.6 Å². The first kappa shape index (κ1) is 19.0. The van der Waals surface area contributed by atoms with E-state index < -0.39 is 24.0 Å². The minimum Gasteiger partial charge on any atom is -0.457 e. The van der Waals surface area contributed by atoms with Crippen molar-refractivity contribution in [1.82, 2.24) is 5.32 Å². The molecule has 2 rings (SSSR count). The number of esters is 1. The van der Waals surface area contributed by atoms with Gasteiger partial charge in [0, 0.05) is 0 Å². The van der Waals surface area contributed by atoms with Crippen LogP contribution >= 0.6 is 0 Å². The highest BCUT2D eigenvalue weighted by molar-refractivity contribution is 5.98. The molecule has 0 heterocycles. The van der Waals surface area contributed by atoms with Crippen LogP contribution in [0.25, 0.3) is 0 Å². The maximum absolute atomic E-state index is 12.4. The summed E-state index contributed by atoms with van der Waals surface area (Å²) in [5.74, 6) is -0.742. The largest absolute Gasteiger partial charge is 0.457 e. The SMILES string of the molecule is CC(C)[C@@H](OC(=O)c1cccc(Oc2ccccc2)c1)C(=O)NC(N)=O. The first-order valence-corrected chi connectivity index (χ1v) is 8.01. The standard InChI is InChI=1S/C19H20N2O5/c1-12(2)16(17(22)21-19(20)24)26-18(23)13-7-6-10-15(11-13)25-14-8-4-3-5-9-14/h3-12,16H,1-2H3,(H3,20,21,22,24)/t16-/m1/s1. The third kappa shape index (κ3) is 5.34. The Bertz CT molecular complexity index is 790. The molecule has 0 aromatic heterocycles. The van der Waals surface area contributed by atoms with Crippen LogP contribution in [-0.4, -0.2) is 24.0 Å². The van der Waals surface area contributed by atoms with E-state index in [9.17, 15) is 14.4 Å². The number of hydrogen-bond donors (Lipinski definition) is 2. The molecule has 7 heteroatoms. The molecular formula is C19H20N2O5. The van der Waals surface area contributed by atoms with E-state index >= 15 is 0 Å². The lowest BCUT2D eigenvalue weighted by Gasteiger charge is -2.20. The predicted molar refractivity (Wildman–Crippen MR) is 94.7 cm³/mol. The summed E-state index contributed by atoms with van der Waals surface area (Å²) >= 11 is 0. The zero-order chi connectivity index (χ0) is 19.1. The normalized spacial score (nSPS) is 11.5. The fourth-order valence-electron chi connectivity index (χ4n) is 2.18. The Morgan fingerprint density at radius 3 is 2.23 bits per heavy atom. The molecule has 2 aromatic rings. The van der Waals surface area contributed by atoms with Gasteiger partial charge in [0.25, 0.3) is 5.91 Å². The van der Waals surface area contributed by atoms with Gasteiger partial charge in [0.2, 0.25) is 0 Å². The van der Waals surface area contributed by atoms with Gasteiger partial charge in [-0.05, 0) is 36.2 Å². The number of amides is 3. The Labute approximate surface area is 151 Å². The summed E-state index contributed by atoms with van der Waals surface area (Å²) < 4.78 is 10.9. The van der Waals surface area contributed by atoms with Crippen LogP contribution in [0.3, 0.4) is 0 Å². The van der Waals surface area contributed by atoms with Crippen molar-refractivity contribution in [1.29, 1.82) is 0 Å². The zero-order valence-corrected chi connectivity index (χ0v) is 14.5. The average Bonchev–Trinajstić information content (AvgIpc) is 2.59. The average molecular weight is 356 g/mol. The molecule has 0 fully saturated rings. The highest BCUT2D eigenvalue weighted by Crippen LogP contribution is 2.22. The smallest absolute Gasteiger partial charge is 0.339 e. The van der Waals surface area contributed by atoms with Gasteiger partial charge in [-0.1, -0.05) is 38.1 Å². The summed E-state index contributed by atoms with van der Waals surface area (Å²) in [6.07, 6.45) is -1.14. The summed E-state index contributed by atoms with van der Waals surface area (Å²) in [7, 11) is 0. The lowest BCUT2D eigenvalue weighted by Crippen LogP contribution is -2.45. The Morgan fingerprint density at radius 2 is 1.62 bits per heavy atom. The van der Waals surface area contributed by atoms with E-state index in [1.165, 1.54) is 6.07 Å². The van der Waals surface area contributed by atoms with Crippen molar-refractivity contribution in [2.45, 2.75) is 20.0 Å². The minimum atomic E-state index is -1.14. The second-order valence-corrected chi connectivity index (χ2v) is 5.87. The molecule has 26 heavy (non-hydrogen) atoms. The van der Waals surface area contributed by atoms with Gasteiger partial charge in [-0.3, -0.25) is 10.1 Å². The third-order valence-electron chi connectivity index (χ3n) is 3.39. The van der Waals surface area contributed by atoms with Gasteiger partial charge >= 0.3 is 12.0 Å². The molecule has 0 unspecified atom stereocenters. The zero-order valence-electron chi connectivity index (χ0n) is 14.5. The molecule has 0 aliphatic carbocycles. The third-order valence-corrected chi connectivity index (χ3v) is 3.39. The number of nitrogens with one attached hydrogen (secondary N) is 1. The molecule has 7 nitrogen and oxygen atoms in total. The van der Waals surface area contributed by atoms with Gasteiger partial charge in [0.15, 0.2) is 6.10 Å². The summed E-state index contributed by atoms with van der Waals surface area (Å²) in [5.41, 5.74) is 5.16. The van der Waals surface area contributed by atoms with Crippen molar-refractivity contribution in [3.05, 3.63) is 60.2 Å². The van der Waals surface area contributed by atoms with Crippen LogP contribution in [0.4, 0.5) is 4.79 Å². The summed E-state index contributed by atoms with van der Waals surface area (Å²) in [6.45, 7) is 3.38. The number of primary amides is 1. The van der Waals surface area contributed by atoms with Gasteiger partial charge in [0.1, 0.15) is 11.5 Å². The van der Waals surface area contributed by atoms with Gasteiger partial charge in [0.05, 0.1) is 5.56 Å². The number of urea groups is 1. The number of carbonyl (C=O) groups is 3. The second kappa shape index (κ2) is 8.66. The van der Waals surface area contributed by atoms with E-state index in [4.69, 9.17) is 15.2 Å². The monoisotopic (exact) mass is 356 g/mol. The molecule has 0 saturated heterocycles. The maximum atomic E-state index is 12.4. The van der Waals surface area contributed by atoms with Crippen LogP contribution < -0.4 is 15.8 Å². The quantitative estimate of drug-likeness (QED) is 0.774. The number of nitrogens with two attached hydrogens (primary N) is 1. The van der Waals surface area contributed by atoms with E-state index in [0.717, 1.165) is 0 Å². The Hall–Kier alpha value is -3.35. The number of para-hydroxylation sites is 1. The van der Waals surface area contributed by atoms with E-state index in [2.05, 4.69) is 0 Å². The first-order chi connectivity index (χ1) is 12.4. The Morgan fingerprint density at radius 1 is 0.962 bits per heavy atom. The van der Waals surface area contributed by atoms with E-state index in [-0.39, 0.29) is 11.5 Å². The van der Waals surface area contributed by atoms with Crippen molar-refractivity contribution in [2.75, 3.05) is 0 Å². The van der Waals surface area contributed by atoms with Crippen molar-refractivity contribution < 1.29 is 23.9 Å². The lowest BCUT2D eigenvalue weighted by atomic mass is 10.1. The molecule has 1 atom stereocenters. The molecule has 0 bridgehead atoms. The number of rotatable bonds is 6. The molecule has 136 valence electrons. The fraction of sp³-hybridized carbons (Fsp3) is 0.211. The number of hydrogen-bond acceptors (Lipinski definition) is 5. The minimum absolute atomic E-state index is 0.218. The topological polar surface area (TPSA) is 108 Å². The van der Waals surface area contributed by atoms with Crippen molar-refractivity contribution in [3.63, 3.8) is 0 Å². The van der Waals surface area contributed by atoms with Crippen LogP contribution in [0.1, 0.15) is 24.2 Å². The second-order valence-electron chi connectivity index (χ2n) is 5.87. The molecule has 0 aliphatic rings. The van der Waals surface area contributed by atoms with Gasteiger partial charge in [-0.15, -0.1) is 0 Å². The Kier molecular flexibility index (Phi) is 6.32. The number of carbonyl (C=O) groups excluding carboxylic acids is 3. The van der Waals surface area contributed by atoms with Crippen LogP contribution in [0, 0.1) is 5.92 Å². The number of ether oxygens (including phenoxy) is 2. The van der Waals surface area contributed by atoms with Crippen LogP contribution in [0.2, 0.25) is 0 Å². The van der Waals surface area contributed by atoms with Crippen LogP contribution in [0.5, 0.6) is 11.5 Å².